The van der Waals surface area contributed by atoms with Crippen LogP contribution in [0.25, 0.3) is 0 Å². The van der Waals surface area contributed by atoms with Gasteiger partial charge in [-0.2, -0.15) is 0 Å². The van der Waals surface area contributed by atoms with Gasteiger partial charge < -0.3 is 9.84 Å². The number of rotatable bonds is 6. The molecule has 0 amide bonds. The average Bonchev–Trinajstić information content (AvgIpc) is 2.81. The van der Waals surface area contributed by atoms with Gasteiger partial charge in [0.05, 0.1) is 17.9 Å². The molecule has 0 saturated heterocycles. The van der Waals surface area contributed by atoms with Crippen LogP contribution in [0.5, 0.6) is 0 Å². The molecule has 1 unspecified atom stereocenters. The van der Waals surface area contributed by atoms with Crippen molar-refractivity contribution in [3.8, 4) is 0 Å². The van der Waals surface area contributed by atoms with Crippen LogP contribution in [-0.2, 0) is 9.53 Å². The summed E-state index contributed by atoms with van der Waals surface area (Å²) in [6, 6.07) is 0. The van der Waals surface area contributed by atoms with Gasteiger partial charge in [0.1, 0.15) is 5.76 Å². The fraction of sp³-hybridized carbons (Fsp3) is 0.619. The molecule has 4 heteroatoms. The van der Waals surface area contributed by atoms with Crippen LogP contribution in [0.4, 0.5) is 0 Å². The molecule has 0 heterocycles. The number of aliphatic carboxylic acids is 1. The lowest BCUT2D eigenvalue weighted by Gasteiger charge is -2.24. The van der Waals surface area contributed by atoms with Crippen LogP contribution in [-0.4, -0.2) is 23.4 Å². The van der Waals surface area contributed by atoms with Gasteiger partial charge in [0, 0.05) is 11.6 Å². The Morgan fingerprint density at radius 1 is 1.28 bits per heavy atom. The molecule has 0 aromatic rings. The summed E-state index contributed by atoms with van der Waals surface area (Å²) in [5, 5.41) is 9.21. The van der Waals surface area contributed by atoms with Crippen LogP contribution >= 0.6 is 0 Å². The largest absolute Gasteiger partial charge is 0.491 e. The van der Waals surface area contributed by atoms with Gasteiger partial charge in [-0.15, -0.1) is 0 Å². The molecule has 2 aliphatic rings. The van der Waals surface area contributed by atoms with Gasteiger partial charge in [0.2, 0.25) is 0 Å². The lowest BCUT2D eigenvalue weighted by atomic mass is 9.90. The minimum absolute atomic E-state index is 0.257. The number of ether oxygens (including phenoxy) is 1. The summed E-state index contributed by atoms with van der Waals surface area (Å²) in [6.45, 7) is 6.24. The Bertz CT molecular complexity index is 592. The van der Waals surface area contributed by atoms with Crippen molar-refractivity contribution in [2.45, 2.75) is 65.7 Å². The van der Waals surface area contributed by atoms with E-state index in [-0.39, 0.29) is 11.5 Å². The molecule has 25 heavy (non-hydrogen) atoms. The molecule has 1 fully saturated rings. The lowest BCUT2D eigenvalue weighted by Crippen LogP contribution is -2.21. The highest BCUT2D eigenvalue weighted by Gasteiger charge is 2.23. The number of hydrogen-bond donors (Lipinski definition) is 1. The van der Waals surface area contributed by atoms with Gasteiger partial charge in [-0.05, 0) is 51.5 Å². The Balaban J connectivity index is 2.22. The van der Waals surface area contributed by atoms with Crippen molar-refractivity contribution in [2.75, 3.05) is 6.61 Å². The third kappa shape index (κ3) is 5.58. The van der Waals surface area contributed by atoms with Gasteiger partial charge >= 0.3 is 5.97 Å². The Morgan fingerprint density at radius 2 is 2.00 bits per heavy atom. The van der Waals surface area contributed by atoms with Crippen LogP contribution in [0.3, 0.4) is 0 Å². The second-order valence-electron chi connectivity index (χ2n) is 7.13. The zero-order valence-electron chi connectivity index (χ0n) is 15.8. The van der Waals surface area contributed by atoms with Crippen molar-refractivity contribution in [1.82, 2.24) is 0 Å². The molecule has 0 aromatic heterocycles. The maximum Gasteiger partial charge on any atom is 0.333 e. The maximum absolute atomic E-state index is 11.2. The minimum Gasteiger partial charge on any atom is -0.491 e. The quantitative estimate of drug-likeness (QED) is 0.667. The highest BCUT2D eigenvalue weighted by atomic mass is 16.5. The monoisotopic (exact) mass is 345 g/mol. The van der Waals surface area contributed by atoms with Crippen molar-refractivity contribution in [3.05, 3.63) is 35.3 Å². The summed E-state index contributed by atoms with van der Waals surface area (Å²) in [4.78, 5) is 15.9. The van der Waals surface area contributed by atoms with Gasteiger partial charge in [-0.3, -0.25) is 4.99 Å². The van der Waals surface area contributed by atoms with E-state index in [9.17, 15) is 9.90 Å². The molecule has 1 saturated carbocycles. The normalized spacial score (nSPS) is 24.5. The van der Waals surface area contributed by atoms with E-state index in [0.29, 0.717) is 11.6 Å². The first-order valence-electron chi connectivity index (χ1n) is 9.52. The number of aliphatic imine (C=N–C) groups is 1. The summed E-state index contributed by atoms with van der Waals surface area (Å²) in [7, 11) is 0. The van der Waals surface area contributed by atoms with Gasteiger partial charge in [0.25, 0.3) is 0 Å². The molecule has 2 rings (SSSR count). The highest BCUT2D eigenvalue weighted by molar-refractivity contribution is 6.02. The summed E-state index contributed by atoms with van der Waals surface area (Å²) >= 11 is 0. The van der Waals surface area contributed by atoms with Crippen molar-refractivity contribution in [1.29, 1.82) is 0 Å². The first-order chi connectivity index (χ1) is 12.0. The SMILES string of the molecule is CCC1CC=CC=C(OCC2CCCCC2)C1=N/C(C)=C(\C)C(=O)O. The summed E-state index contributed by atoms with van der Waals surface area (Å²) < 4.78 is 6.20. The summed E-state index contributed by atoms with van der Waals surface area (Å²) in [6.07, 6.45) is 14.4. The van der Waals surface area contributed by atoms with Gasteiger partial charge in [-0.1, -0.05) is 38.3 Å². The molecule has 4 nitrogen and oxygen atoms in total. The van der Waals surface area contributed by atoms with E-state index in [0.717, 1.165) is 30.9 Å². The first kappa shape index (κ1) is 19.5. The number of nitrogens with zero attached hydrogens (tertiary/aromatic N) is 1. The van der Waals surface area contributed by atoms with Crippen molar-refractivity contribution >= 4 is 11.7 Å². The lowest BCUT2D eigenvalue weighted by molar-refractivity contribution is -0.132. The van der Waals surface area contributed by atoms with Crippen molar-refractivity contribution < 1.29 is 14.6 Å². The van der Waals surface area contributed by atoms with E-state index in [1.54, 1.807) is 13.8 Å². The fourth-order valence-electron chi connectivity index (χ4n) is 3.41. The molecule has 0 spiro atoms. The van der Waals surface area contributed by atoms with E-state index in [4.69, 9.17) is 9.73 Å². The number of carboxylic acids is 1. The topological polar surface area (TPSA) is 58.9 Å². The molecule has 0 aliphatic heterocycles. The Morgan fingerprint density at radius 3 is 2.64 bits per heavy atom. The third-order valence-corrected chi connectivity index (χ3v) is 5.29. The zero-order valence-corrected chi connectivity index (χ0v) is 15.8. The number of carbonyl (C=O) groups is 1. The molecule has 0 radical (unpaired) electrons. The van der Waals surface area contributed by atoms with Gasteiger partial charge in [0.15, 0.2) is 0 Å². The van der Waals surface area contributed by atoms with Gasteiger partial charge in [-0.25, -0.2) is 4.79 Å². The molecule has 1 N–H and O–H groups in total. The van der Waals surface area contributed by atoms with Crippen molar-refractivity contribution in [2.24, 2.45) is 16.8 Å². The van der Waals surface area contributed by atoms with Crippen molar-refractivity contribution in [3.63, 3.8) is 0 Å². The van der Waals surface area contributed by atoms with E-state index in [1.165, 1.54) is 32.1 Å². The maximum atomic E-state index is 11.2. The average molecular weight is 345 g/mol. The molecular formula is C21H31NO3. The molecule has 1 atom stereocenters. The van der Waals surface area contributed by atoms with E-state index in [1.807, 2.05) is 12.2 Å². The second kappa shape index (κ2) is 9.59. The summed E-state index contributed by atoms with van der Waals surface area (Å²) in [5.41, 5.74) is 1.72. The second-order valence-corrected chi connectivity index (χ2v) is 7.13. The first-order valence-corrected chi connectivity index (χ1v) is 9.52. The zero-order chi connectivity index (χ0) is 18.2. The van der Waals surface area contributed by atoms with Crippen LogP contribution in [0, 0.1) is 11.8 Å². The van der Waals surface area contributed by atoms with Crippen LogP contribution in [0.15, 0.2) is 40.2 Å². The van der Waals surface area contributed by atoms with Crippen LogP contribution < -0.4 is 0 Å². The highest BCUT2D eigenvalue weighted by Crippen LogP contribution is 2.27. The predicted octanol–water partition coefficient (Wildman–Crippen LogP) is 5.27. The minimum atomic E-state index is -0.921. The Hall–Kier alpha value is -1.84. The molecule has 2 aliphatic carbocycles. The molecule has 0 bridgehead atoms. The number of carboxylic acid groups (broad SMARTS) is 1. The standard InChI is InChI=1S/C21H31NO3/c1-4-18-12-8-9-13-19(25-14-17-10-6-5-7-11-17)20(18)22-16(3)15(2)21(23)24/h8-9,13,17-18H,4-7,10-12,14H2,1-3H3,(H,23,24)/b16-15+,22-20?. The third-order valence-electron chi connectivity index (χ3n) is 5.29. The van der Waals surface area contributed by atoms with Crippen LogP contribution in [0.1, 0.15) is 65.7 Å². The number of allylic oxidation sites excluding steroid dienone is 5. The number of hydrogen-bond acceptors (Lipinski definition) is 3. The predicted molar refractivity (Wildman–Crippen MR) is 102 cm³/mol. The Kier molecular flexibility index (Phi) is 7.48. The van der Waals surface area contributed by atoms with Crippen LogP contribution in [0.2, 0.25) is 0 Å². The van der Waals surface area contributed by atoms with E-state index in [2.05, 4.69) is 13.0 Å². The smallest absolute Gasteiger partial charge is 0.333 e. The summed E-state index contributed by atoms with van der Waals surface area (Å²) in [5.74, 6) is 0.771. The molecular weight excluding hydrogens is 314 g/mol. The fourth-order valence-corrected chi connectivity index (χ4v) is 3.41. The van der Waals surface area contributed by atoms with E-state index >= 15 is 0 Å². The Labute approximate surface area is 151 Å². The molecule has 138 valence electrons. The molecule has 0 aromatic carbocycles. The van der Waals surface area contributed by atoms with E-state index < -0.39 is 5.97 Å².